The van der Waals surface area contributed by atoms with E-state index in [2.05, 4.69) is 19.2 Å². The fraction of sp³-hybridized carbons (Fsp3) is 0.476. The number of amides is 3. The number of unbranched alkanes of at least 4 members (excludes halogenated alkanes) is 1. The van der Waals surface area contributed by atoms with Gasteiger partial charge in [0.15, 0.2) is 0 Å². The highest BCUT2D eigenvalue weighted by Crippen LogP contribution is 2.18. The number of carbonyl (C=O) groups is 3. The van der Waals surface area contributed by atoms with Crippen molar-refractivity contribution in [2.45, 2.75) is 46.0 Å². The molecule has 6 heteroatoms. The number of nitrogens with one attached hydrogen (secondary N) is 1. The molecule has 0 aliphatic carbocycles. The number of carbonyl (C=O) groups excluding carboxylic acids is 3. The first-order valence-corrected chi connectivity index (χ1v) is 9.60. The first kappa shape index (κ1) is 20.7. The van der Waals surface area contributed by atoms with Gasteiger partial charge in [0.25, 0.3) is 5.91 Å². The van der Waals surface area contributed by atoms with Gasteiger partial charge in [0.1, 0.15) is 5.70 Å². The lowest BCUT2D eigenvalue weighted by Crippen LogP contribution is -2.30. The third kappa shape index (κ3) is 6.24. The summed E-state index contributed by atoms with van der Waals surface area (Å²) in [6.45, 7) is 4.75. The normalized spacial score (nSPS) is 16.5. The first-order valence-electron chi connectivity index (χ1n) is 9.60. The zero-order valence-corrected chi connectivity index (χ0v) is 16.1. The predicted molar refractivity (Wildman–Crippen MR) is 104 cm³/mol. The van der Waals surface area contributed by atoms with Crippen LogP contribution in [0.1, 0.15) is 51.5 Å². The van der Waals surface area contributed by atoms with Crippen LogP contribution in [0.2, 0.25) is 0 Å². The number of benzene rings is 1. The van der Waals surface area contributed by atoms with Crippen LogP contribution in [0, 0.1) is 5.92 Å². The van der Waals surface area contributed by atoms with E-state index in [-0.39, 0.29) is 24.6 Å². The number of hydrogen-bond acceptors (Lipinski definition) is 4. The standard InChI is InChI=1S/C21H28N2O4/c1-3-5-9-16(4-2)15-27-19(24)12-13-23-18(20(25)22-21(23)26)14-17-10-7-6-8-11-17/h6-8,10-11,14,16H,3-5,9,12-13,15H2,1-2H3,(H,22,25,26). The Morgan fingerprint density at radius 1 is 1.22 bits per heavy atom. The Morgan fingerprint density at radius 3 is 2.63 bits per heavy atom. The van der Waals surface area contributed by atoms with Crippen LogP contribution in [0.4, 0.5) is 4.79 Å². The molecule has 1 aromatic rings. The molecule has 2 rings (SSSR count). The van der Waals surface area contributed by atoms with Gasteiger partial charge in [-0.15, -0.1) is 0 Å². The molecule has 1 unspecified atom stereocenters. The monoisotopic (exact) mass is 372 g/mol. The molecule has 1 heterocycles. The number of rotatable bonds is 10. The van der Waals surface area contributed by atoms with Gasteiger partial charge in [0.05, 0.1) is 13.0 Å². The van der Waals surface area contributed by atoms with Gasteiger partial charge in [0.2, 0.25) is 0 Å². The maximum Gasteiger partial charge on any atom is 0.329 e. The van der Waals surface area contributed by atoms with E-state index in [4.69, 9.17) is 4.74 Å². The number of esters is 1. The second-order valence-corrected chi connectivity index (χ2v) is 6.70. The molecule has 1 aromatic carbocycles. The summed E-state index contributed by atoms with van der Waals surface area (Å²) in [6, 6.07) is 8.76. The number of imide groups is 1. The maximum atomic E-state index is 12.1. The van der Waals surface area contributed by atoms with E-state index in [1.54, 1.807) is 6.08 Å². The van der Waals surface area contributed by atoms with Crippen LogP contribution in [-0.2, 0) is 14.3 Å². The number of hydrogen-bond donors (Lipinski definition) is 1. The third-order valence-corrected chi connectivity index (χ3v) is 4.65. The van der Waals surface area contributed by atoms with E-state index < -0.39 is 11.9 Å². The Hall–Kier alpha value is -2.63. The molecule has 1 fully saturated rings. The minimum absolute atomic E-state index is 0.0526. The van der Waals surface area contributed by atoms with Crippen LogP contribution >= 0.6 is 0 Å². The molecule has 27 heavy (non-hydrogen) atoms. The summed E-state index contributed by atoms with van der Waals surface area (Å²) < 4.78 is 5.37. The molecular weight excluding hydrogens is 344 g/mol. The fourth-order valence-corrected chi connectivity index (χ4v) is 2.92. The van der Waals surface area contributed by atoms with E-state index in [9.17, 15) is 14.4 Å². The van der Waals surface area contributed by atoms with Crippen molar-refractivity contribution in [1.82, 2.24) is 10.2 Å². The molecule has 3 amide bonds. The van der Waals surface area contributed by atoms with Gasteiger partial charge in [-0.1, -0.05) is 63.4 Å². The Bertz CT molecular complexity index is 685. The van der Waals surface area contributed by atoms with Crippen molar-refractivity contribution in [3.63, 3.8) is 0 Å². The molecule has 1 aliphatic heterocycles. The smallest absolute Gasteiger partial charge is 0.329 e. The number of urea groups is 1. The lowest BCUT2D eigenvalue weighted by atomic mass is 10.0. The highest BCUT2D eigenvalue weighted by Gasteiger charge is 2.33. The Morgan fingerprint density at radius 2 is 1.96 bits per heavy atom. The summed E-state index contributed by atoms with van der Waals surface area (Å²) in [4.78, 5) is 37.4. The molecule has 1 atom stereocenters. The number of nitrogens with zero attached hydrogens (tertiary/aromatic N) is 1. The van der Waals surface area contributed by atoms with E-state index in [1.807, 2.05) is 30.3 Å². The summed E-state index contributed by atoms with van der Waals surface area (Å²) >= 11 is 0. The molecule has 0 aromatic heterocycles. The molecule has 1 N–H and O–H groups in total. The molecular formula is C21H28N2O4. The Balaban J connectivity index is 1.90. The van der Waals surface area contributed by atoms with E-state index in [0.717, 1.165) is 31.2 Å². The summed E-state index contributed by atoms with van der Waals surface area (Å²) in [7, 11) is 0. The van der Waals surface area contributed by atoms with Crippen molar-refractivity contribution in [2.24, 2.45) is 5.92 Å². The molecule has 1 aliphatic rings. The minimum atomic E-state index is -0.510. The summed E-state index contributed by atoms with van der Waals surface area (Å²) in [5, 5.41) is 2.27. The molecule has 0 radical (unpaired) electrons. The quantitative estimate of drug-likeness (QED) is 0.386. The van der Waals surface area contributed by atoms with Crippen LogP contribution in [0.5, 0.6) is 0 Å². The van der Waals surface area contributed by atoms with Gasteiger partial charge in [0, 0.05) is 6.54 Å². The Labute approximate surface area is 160 Å². The second kappa shape index (κ2) is 10.5. The third-order valence-electron chi connectivity index (χ3n) is 4.65. The lowest BCUT2D eigenvalue weighted by Gasteiger charge is -2.17. The van der Waals surface area contributed by atoms with E-state index >= 15 is 0 Å². The van der Waals surface area contributed by atoms with Gasteiger partial charge in [-0.05, 0) is 24.0 Å². The lowest BCUT2D eigenvalue weighted by molar-refractivity contribution is -0.145. The molecule has 0 bridgehead atoms. The summed E-state index contributed by atoms with van der Waals surface area (Å²) in [5.74, 6) is -0.432. The van der Waals surface area contributed by atoms with E-state index in [1.165, 1.54) is 4.90 Å². The average molecular weight is 372 g/mol. The average Bonchev–Trinajstić information content (AvgIpc) is 2.93. The van der Waals surface area contributed by atoms with Crippen LogP contribution in [0.25, 0.3) is 6.08 Å². The first-order chi connectivity index (χ1) is 13.0. The molecule has 0 saturated carbocycles. The Kier molecular flexibility index (Phi) is 8.04. The van der Waals surface area contributed by atoms with Crippen molar-refractivity contribution in [1.29, 1.82) is 0 Å². The van der Waals surface area contributed by atoms with Crippen LogP contribution in [0.3, 0.4) is 0 Å². The van der Waals surface area contributed by atoms with Gasteiger partial charge in [-0.25, -0.2) is 4.79 Å². The molecule has 1 saturated heterocycles. The SMILES string of the molecule is CCCCC(CC)COC(=O)CCN1C(=O)NC(=O)C1=Cc1ccccc1. The van der Waals surface area contributed by atoms with Crippen molar-refractivity contribution >= 4 is 24.0 Å². The minimum Gasteiger partial charge on any atom is -0.465 e. The maximum absolute atomic E-state index is 12.1. The largest absolute Gasteiger partial charge is 0.465 e. The molecule has 6 nitrogen and oxygen atoms in total. The molecule has 146 valence electrons. The highest BCUT2D eigenvalue weighted by atomic mass is 16.5. The van der Waals surface area contributed by atoms with Crippen molar-refractivity contribution in [3.05, 3.63) is 41.6 Å². The number of ether oxygens (including phenoxy) is 1. The fourth-order valence-electron chi connectivity index (χ4n) is 2.92. The van der Waals surface area contributed by atoms with Gasteiger partial charge >= 0.3 is 12.0 Å². The highest BCUT2D eigenvalue weighted by molar-refractivity contribution is 6.14. The predicted octanol–water partition coefficient (Wildman–Crippen LogP) is 3.73. The summed E-state index contributed by atoms with van der Waals surface area (Å²) in [6.07, 6.45) is 5.97. The van der Waals surface area contributed by atoms with Crippen LogP contribution in [-0.4, -0.2) is 36.0 Å². The van der Waals surface area contributed by atoms with Crippen LogP contribution in [0.15, 0.2) is 36.0 Å². The van der Waals surface area contributed by atoms with Gasteiger partial charge in [-0.2, -0.15) is 0 Å². The zero-order chi connectivity index (χ0) is 19.6. The zero-order valence-electron chi connectivity index (χ0n) is 16.1. The van der Waals surface area contributed by atoms with Crippen molar-refractivity contribution in [2.75, 3.05) is 13.2 Å². The van der Waals surface area contributed by atoms with Crippen LogP contribution < -0.4 is 5.32 Å². The topological polar surface area (TPSA) is 75.7 Å². The van der Waals surface area contributed by atoms with Gasteiger partial charge < -0.3 is 4.74 Å². The summed E-state index contributed by atoms with van der Waals surface area (Å²) in [5.41, 5.74) is 1.06. The second-order valence-electron chi connectivity index (χ2n) is 6.70. The van der Waals surface area contributed by atoms with Crippen molar-refractivity contribution < 1.29 is 19.1 Å². The van der Waals surface area contributed by atoms with Gasteiger partial charge in [-0.3, -0.25) is 19.8 Å². The van der Waals surface area contributed by atoms with E-state index in [0.29, 0.717) is 12.5 Å². The van der Waals surface area contributed by atoms with Crippen molar-refractivity contribution in [3.8, 4) is 0 Å². The molecule has 0 spiro atoms.